The van der Waals surface area contributed by atoms with Crippen LogP contribution in [-0.4, -0.2) is 35.8 Å². The lowest BCUT2D eigenvalue weighted by molar-refractivity contribution is -0.137. The van der Waals surface area contributed by atoms with Crippen molar-refractivity contribution in [1.29, 1.82) is 5.26 Å². The Balaban J connectivity index is 2.65. The van der Waals surface area contributed by atoms with Gasteiger partial charge in [-0.25, -0.2) is 13.1 Å². The van der Waals surface area contributed by atoms with Crippen LogP contribution in [0.3, 0.4) is 0 Å². The van der Waals surface area contributed by atoms with Gasteiger partial charge in [-0.05, 0) is 6.42 Å². The van der Waals surface area contributed by atoms with Gasteiger partial charge in [0.2, 0.25) is 10.0 Å². The van der Waals surface area contributed by atoms with Crippen LogP contribution in [0.1, 0.15) is 12.8 Å². The van der Waals surface area contributed by atoms with Crippen molar-refractivity contribution in [2.24, 2.45) is 0 Å². The van der Waals surface area contributed by atoms with E-state index in [0.29, 0.717) is 6.42 Å². The maximum absolute atomic E-state index is 11.7. The molecular weight excluding hydrogens is 260 g/mol. The van der Waals surface area contributed by atoms with Gasteiger partial charge in [0.1, 0.15) is 11.4 Å². The van der Waals surface area contributed by atoms with E-state index in [0.717, 1.165) is 17.1 Å². The molecule has 0 aliphatic rings. The Hall–Kier alpha value is -1.92. The highest BCUT2D eigenvalue weighted by molar-refractivity contribution is 7.89. The van der Waals surface area contributed by atoms with Gasteiger partial charge in [-0.15, -0.1) is 0 Å². The molecule has 0 aromatic carbocycles. The summed E-state index contributed by atoms with van der Waals surface area (Å²) in [6.07, 6.45) is 2.90. The highest BCUT2D eigenvalue weighted by Gasteiger charge is 2.16. The van der Waals surface area contributed by atoms with E-state index in [1.165, 1.54) is 0 Å². The number of aromatic nitrogens is 2. The highest BCUT2D eigenvalue weighted by atomic mass is 32.2. The molecule has 1 rings (SSSR count). The first kappa shape index (κ1) is 14.1. The molecular formula is C9H12N4O4S. The highest BCUT2D eigenvalue weighted by Crippen LogP contribution is 2.06. The lowest BCUT2D eigenvalue weighted by Gasteiger charge is -2.02. The molecule has 8 nitrogen and oxygen atoms in total. The molecule has 0 saturated heterocycles. The van der Waals surface area contributed by atoms with Crippen LogP contribution in [0.4, 0.5) is 0 Å². The number of carboxylic acid groups (broad SMARTS) is 1. The number of carbonyl (C=O) groups is 1. The van der Waals surface area contributed by atoms with E-state index in [9.17, 15) is 13.2 Å². The summed E-state index contributed by atoms with van der Waals surface area (Å²) < 4.78 is 26.7. The zero-order chi connectivity index (χ0) is 13.6. The molecule has 0 aliphatic heterocycles. The lowest BCUT2D eigenvalue weighted by atomic mass is 10.3. The average molecular weight is 272 g/mol. The second kappa shape index (κ2) is 6.13. The van der Waals surface area contributed by atoms with Crippen molar-refractivity contribution in [2.75, 3.05) is 6.54 Å². The number of hydrogen-bond acceptors (Lipinski definition) is 5. The predicted octanol–water partition coefficient (Wildman–Crippen LogP) is -0.450. The summed E-state index contributed by atoms with van der Waals surface area (Å²) in [5.74, 6) is -1.11. The van der Waals surface area contributed by atoms with E-state index in [1.54, 1.807) is 0 Å². The number of nitrogens with zero attached hydrogens (tertiary/aromatic N) is 3. The normalized spacial score (nSPS) is 11.1. The molecule has 0 atom stereocenters. The number of carboxylic acids is 1. The van der Waals surface area contributed by atoms with E-state index in [4.69, 9.17) is 10.4 Å². The number of aliphatic carboxylic acids is 1. The van der Waals surface area contributed by atoms with Crippen LogP contribution < -0.4 is 4.72 Å². The van der Waals surface area contributed by atoms with Crippen molar-refractivity contribution in [3.05, 3.63) is 12.4 Å². The standard InChI is InChI=1S/C9H12N4O4S/c10-3-1-2-4-12-18(16,17)8-5-11-13(6-8)7-9(14)15/h5-6,12H,1-2,4,7H2,(H,14,15). The van der Waals surface area contributed by atoms with E-state index in [1.807, 2.05) is 6.07 Å². The minimum atomic E-state index is -3.69. The molecule has 0 saturated carbocycles. The van der Waals surface area contributed by atoms with Gasteiger partial charge in [0, 0.05) is 19.2 Å². The van der Waals surface area contributed by atoms with Gasteiger partial charge in [0.25, 0.3) is 0 Å². The summed E-state index contributed by atoms with van der Waals surface area (Å²) in [4.78, 5) is 10.3. The molecule has 1 aromatic heterocycles. The number of hydrogen-bond donors (Lipinski definition) is 2. The zero-order valence-electron chi connectivity index (χ0n) is 9.40. The summed E-state index contributed by atoms with van der Waals surface area (Å²) >= 11 is 0. The fourth-order valence-electron chi connectivity index (χ4n) is 1.17. The van der Waals surface area contributed by atoms with Crippen molar-refractivity contribution in [2.45, 2.75) is 24.3 Å². The van der Waals surface area contributed by atoms with E-state index >= 15 is 0 Å². The Morgan fingerprint density at radius 2 is 2.33 bits per heavy atom. The van der Waals surface area contributed by atoms with Crippen molar-refractivity contribution >= 4 is 16.0 Å². The third-order valence-corrected chi connectivity index (χ3v) is 3.39. The molecule has 0 amide bonds. The Bertz CT molecular complexity index is 557. The largest absolute Gasteiger partial charge is 0.480 e. The number of unbranched alkanes of at least 4 members (excludes halogenated alkanes) is 1. The number of nitrogens with one attached hydrogen (secondary N) is 1. The molecule has 0 unspecified atom stereocenters. The van der Waals surface area contributed by atoms with E-state index in [-0.39, 0.29) is 17.9 Å². The molecule has 18 heavy (non-hydrogen) atoms. The van der Waals surface area contributed by atoms with Gasteiger partial charge in [-0.2, -0.15) is 10.4 Å². The van der Waals surface area contributed by atoms with Gasteiger partial charge in [0.05, 0.1) is 12.3 Å². The molecule has 0 aliphatic carbocycles. The fraction of sp³-hybridized carbons (Fsp3) is 0.444. The van der Waals surface area contributed by atoms with E-state index in [2.05, 4.69) is 9.82 Å². The Labute approximate surface area is 104 Å². The molecule has 0 spiro atoms. The van der Waals surface area contributed by atoms with E-state index < -0.39 is 22.5 Å². The third kappa shape index (κ3) is 4.15. The van der Waals surface area contributed by atoms with Crippen LogP contribution in [0.25, 0.3) is 0 Å². The van der Waals surface area contributed by atoms with Gasteiger partial charge >= 0.3 is 5.97 Å². The monoisotopic (exact) mass is 272 g/mol. The predicted molar refractivity (Wildman–Crippen MR) is 59.9 cm³/mol. The quantitative estimate of drug-likeness (QED) is 0.647. The first-order valence-electron chi connectivity index (χ1n) is 5.06. The van der Waals surface area contributed by atoms with Crippen molar-refractivity contribution in [1.82, 2.24) is 14.5 Å². The number of rotatable bonds is 7. The second-order valence-corrected chi connectivity index (χ2v) is 5.19. The van der Waals surface area contributed by atoms with Crippen molar-refractivity contribution in [3.63, 3.8) is 0 Å². The maximum atomic E-state index is 11.7. The van der Waals surface area contributed by atoms with Crippen LogP contribution in [0.15, 0.2) is 17.3 Å². The Morgan fingerprint density at radius 1 is 1.61 bits per heavy atom. The summed E-state index contributed by atoms with van der Waals surface area (Å²) in [5.41, 5.74) is 0. The van der Waals surface area contributed by atoms with Crippen LogP contribution in [-0.2, 0) is 21.4 Å². The summed E-state index contributed by atoms with van der Waals surface area (Å²) in [7, 11) is -3.69. The molecule has 0 radical (unpaired) electrons. The SMILES string of the molecule is N#CCCCNS(=O)(=O)c1cnn(CC(=O)O)c1. The van der Waals surface area contributed by atoms with Crippen molar-refractivity contribution < 1.29 is 18.3 Å². The Kier molecular flexibility index (Phi) is 4.82. The lowest BCUT2D eigenvalue weighted by Crippen LogP contribution is -2.24. The molecule has 9 heteroatoms. The van der Waals surface area contributed by atoms with Crippen LogP contribution >= 0.6 is 0 Å². The molecule has 2 N–H and O–H groups in total. The van der Waals surface area contributed by atoms with Crippen molar-refractivity contribution in [3.8, 4) is 6.07 Å². The minimum absolute atomic E-state index is 0.0966. The third-order valence-electron chi connectivity index (χ3n) is 1.97. The maximum Gasteiger partial charge on any atom is 0.325 e. The van der Waals surface area contributed by atoms with Gasteiger partial charge < -0.3 is 5.11 Å². The summed E-state index contributed by atoms with van der Waals surface area (Å²) in [6.45, 7) is -0.246. The fourth-order valence-corrected chi connectivity index (χ4v) is 2.19. The number of nitriles is 1. The second-order valence-electron chi connectivity index (χ2n) is 3.43. The molecule has 0 fully saturated rings. The first-order valence-corrected chi connectivity index (χ1v) is 6.55. The Morgan fingerprint density at radius 3 is 2.94 bits per heavy atom. The van der Waals surface area contributed by atoms with Crippen LogP contribution in [0.5, 0.6) is 0 Å². The molecule has 1 aromatic rings. The van der Waals surface area contributed by atoms with Gasteiger partial charge in [-0.3, -0.25) is 9.48 Å². The van der Waals surface area contributed by atoms with Crippen LogP contribution in [0, 0.1) is 11.3 Å². The zero-order valence-corrected chi connectivity index (χ0v) is 10.2. The minimum Gasteiger partial charge on any atom is -0.480 e. The summed E-state index contributed by atoms with van der Waals surface area (Å²) in [5, 5.41) is 20.5. The number of sulfonamides is 1. The average Bonchev–Trinajstić information content (AvgIpc) is 2.73. The van der Waals surface area contributed by atoms with Gasteiger partial charge in [-0.1, -0.05) is 0 Å². The smallest absolute Gasteiger partial charge is 0.325 e. The molecule has 1 heterocycles. The molecule has 98 valence electrons. The van der Waals surface area contributed by atoms with Gasteiger partial charge in [0.15, 0.2) is 0 Å². The summed E-state index contributed by atoms with van der Waals surface area (Å²) in [6, 6.07) is 1.90. The topological polar surface area (TPSA) is 125 Å². The molecule has 0 bridgehead atoms. The van der Waals surface area contributed by atoms with Crippen LogP contribution in [0.2, 0.25) is 0 Å². The first-order chi connectivity index (χ1) is 8.45.